The van der Waals surface area contributed by atoms with Gasteiger partial charge in [0, 0.05) is 0 Å². The first-order chi connectivity index (χ1) is 8.56. The van der Waals surface area contributed by atoms with Crippen molar-refractivity contribution < 1.29 is 19.8 Å². The summed E-state index contributed by atoms with van der Waals surface area (Å²) in [5.41, 5.74) is 1.27. The second-order valence-electron chi connectivity index (χ2n) is 3.65. The van der Waals surface area contributed by atoms with Gasteiger partial charge in [-0.05, 0) is 16.8 Å². The Morgan fingerprint density at radius 1 is 1.17 bits per heavy atom. The number of aromatic carboxylic acids is 1. The number of carboxylic acid groups (broad SMARTS) is 1. The number of amides is 1. The molecule has 18 heavy (non-hydrogen) atoms. The topological polar surface area (TPSA) is 113 Å². The highest BCUT2D eigenvalue weighted by molar-refractivity contribution is 6.15. The number of carboxylic acids is 1. The lowest BCUT2D eigenvalue weighted by Crippen LogP contribution is -2.31. The Morgan fingerprint density at radius 2 is 1.83 bits per heavy atom. The molecule has 1 amide bonds. The van der Waals surface area contributed by atoms with E-state index in [1.165, 1.54) is 6.07 Å². The summed E-state index contributed by atoms with van der Waals surface area (Å²) in [6.45, 7) is 0. The van der Waals surface area contributed by atoms with Gasteiger partial charge in [-0.1, -0.05) is 24.3 Å². The van der Waals surface area contributed by atoms with Gasteiger partial charge < -0.3 is 10.2 Å². The molecule has 0 spiro atoms. The van der Waals surface area contributed by atoms with E-state index in [2.05, 4.69) is 0 Å². The maximum Gasteiger partial charge on any atom is 0.340 e. The number of carbonyl (C=O) groups excluding carboxylic acids is 1. The van der Waals surface area contributed by atoms with Crippen LogP contribution in [0.4, 0.5) is 0 Å². The molecule has 2 aromatic carbocycles. The van der Waals surface area contributed by atoms with Gasteiger partial charge in [0.2, 0.25) is 0 Å². The Hall–Kier alpha value is -2.60. The summed E-state index contributed by atoms with van der Waals surface area (Å²) < 4.78 is 0. The number of rotatable bonds is 2. The molecule has 6 nitrogen and oxygen atoms in total. The summed E-state index contributed by atoms with van der Waals surface area (Å²) in [6.07, 6.45) is 0. The van der Waals surface area contributed by atoms with E-state index in [9.17, 15) is 14.7 Å². The van der Waals surface area contributed by atoms with Crippen molar-refractivity contribution in [1.82, 2.24) is 5.43 Å². The average molecular weight is 246 g/mol. The van der Waals surface area contributed by atoms with Gasteiger partial charge >= 0.3 is 5.97 Å². The van der Waals surface area contributed by atoms with Crippen LogP contribution in [0.5, 0.6) is 5.75 Å². The SMILES string of the molecule is NNC(=O)c1c(C(=O)O)c(O)cc2ccccc12. The van der Waals surface area contributed by atoms with Crippen LogP contribution in [0.3, 0.4) is 0 Å². The molecule has 0 aliphatic rings. The van der Waals surface area contributed by atoms with Gasteiger partial charge in [0.15, 0.2) is 0 Å². The fraction of sp³-hybridized carbons (Fsp3) is 0. The monoisotopic (exact) mass is 246 g/mol. The van der Waals surface area contributed by atoms with Crippen LogP contribution in [0.2, 0.25) is 0 Å². The molecule has 0 saturated carbocycles. The molecule has 0 aliphatic heterocycles. The third-order valence-electron chi connectivity index (χ3n) is 2.60. The second kappa shape index (κ2) is 4.34. The van der Waals surface area contributed by atoms with Crippen molar-refractivity contribution in [3.05, 3.63) is 41.5 Å². The molecule has 2 aromatic rings. The molecule has 0 radical (unpaired) electrons. The van der Waals surface area contributed by atoms with E-state index in [1.54, 1.807) is 24.3 Å². The molecule has 0 aliphatic carbocycles. The highest BCUT2D eigenvalue weighted by Gasteiger charge is 2.23. The molecule has 0 aromatic heterocycles. The fourth-order valence-electron chi connectivity index (χ4n) is 1.86. The molecule has 0 bridgehead atoms. The van der Waals surface area contributed by atoms with Crippen LogP contribution in [-0.2, 0) is 0 Å². The smallest absolute Gasteiger partial charge is 0.340 e. The minimum Gasteiger partial charge on any atom is -0.507 e. The van der Waals surface area contributed by atoms with Crippen LogP contribution in [0.15, 0.2) is 30.3 Å². The molecule has 0 fully saturated rings. The highest BCUT2D eigenvalue weighted by atomic mass is 16.4. The third-order valence-corrected chi connectivity index (χ3v) is 2.60. The quantitative estimate of drug-likeness (QED) is 0.356. The standard InChI is InChI=1S/C12H10N2O4/c13-14-11(16)9-7-4-2-1-3-6(7)5-8(15)10(9)12(17)18/h1-5,15H,13H2,(H,14,16)(H,17,18). The predicted molar refractivity (Wildman–Crippen MR) is 64.2 cm³/mol. The Kier molecular flexibility index (Phi) is 2.86. The molecule has 0 atom stereocenters. The zero-order valence-electron chi connectivity index (χ0n) is 9.18. The first-order valence-corrected chi connectivity index (χ1v) is 5.05. The van der Waals surface area contributed by atoms with E-state index in [0.717, 1.165) is 0 Å². The van der Waals surface area contributed by atoms with Gasteiger partial charge in [0.25, 0.3) is 5.91 Å². The number of nitrogens with two attached hydrogens (primary N) is 1. The van der Waals surface area contributed by atoms with Crippen LogP contribution < -0.4 is 11.3 Å². The summed E-state index contributed by atoms with van der Waals surface area (Å²) >= 11 is 0. The van der Waals surface area contributed by atoms with Crippen molar-refractivity contribution in [3.63, 3.8) is 0 Å². The van der Waals surface area contributed by atoms with E-state index >= 15 is 0 Å². The molecular weight excluding hydrogens is 236 g/mol. The van der Waals surface area contributed by atoms with Crippen LogP contribution in [0.1, 0.15) is 20.7 Å². The van der Waals surface area contributed by atoms with Crippen LogP contribution in [0.25, 0.3) is 10.8 Å². The number of phenols is 1. The number of aromatic hydroxyl groups is 1. The number of hydrazine groups is 1. The van der Waals surface area contributed by atoms with Gasteiger partial charge in [-0.3, -0.25) is 10.2 Å². The maximum absolute atomic E-state index is 11.7. The van der Waals surface area contributed by atoms with Gasteiger partial charge in [0.1, 0.15) is 11.3 Å². The maximum atomic E-state index is 11.7. The minimum atomic E-state index is -1.39. The summed E-state index contributed by atoms with van der Waals surface area (Å²) in [5.74, 6) is 2.41. The molecule has 2 rings (SSSR count). The fourth-order valence-corrected chi connectivity index (χ4v) is 1.86. The first kappa shape index (κ1) is 11.9. The highest BCUT2D eigenvalue weighted by Crippen LogP contribution is 2.30. The second-order valence-corrected chi connectivity index (χ2v) is 3.65. The summed E-state index contributed by atoms with van der Waals surface area (Å²) in [7, 11) is 0. The third kappa shape index (κ3) is 1.74. The van der Waals surface area contributed by atoms with Crippen LogP contribution >= 0.6 is 0 Å². The predicted octanol–water partition coefficient (Wildman–Crippen LogP) is 0.847. The van der Waals surface area contributed by atoms with E-state index in [1.807, 2.05) is 5.43 Å². The molecule has 6 heteroatoms. The number of fused-ring (bicyclic) bond motifs is 1. The molecule has 5 N–H and O–H groups in total. The van der Waals surface area contributed by atoms with Gasteiger partial charge in [0.05, 0.1) is 5.56 Å². The normalized spacial score (nSPS) is 10.3. The number of hydrogen-bond donors (Lipinski definition) is 4. The Bertz CT molecular complexity index is 652. The molecule has 0 heterocycles. The van der Waals surface area contributed by atoms with Crippen molar-refractivity contribution in [2.45, 2.75) is 0 Å². The average Bonchev–Trinajstić information content (AvgIpc) is 2.35. The van der Waals surface area contributed by atoms with Crippen molar-refractivity contribution in [3.8, 4) is 5.75 Å². The Morgan fingerprint density at radius 3 is 2.44 bits per heavy atom. The Balaban J connectivity index is 2.94. The number of benzene rings is 2. The summed E-state index contributed by atoms with van der Waals surface area (Å²) in [4.78, 5) is 22.8. The zero-order chi connectivity index (χ0) is 13.3. The number of nitrogen functional groups attached to an aromatic ring is 1. The minimum absolute atomic E-state index is 0.152. The van der Waals surface area contributed by atoms with E-state index < -0.39 is 23.2 Å². The van der Waals surface area contributed by atoms with E-state index in [4.69, 9.17) is 10.9 Å². The van der Waals surface area contributed by atoms with Crippen molar-refractivity contribution >= 4 is 22.6 Å². The number of hydrogen-bond acceptors (Lipinski definition) is 4. The van der Waals surface area contributed by atoms with Crippen LogP contribution in [0, 0.1) is 0 Å². The summed E-state index contributed by atoms with van der Waals surface area (Å²) in [5, 5.41) is 19.7. The van der Waals surface area contributed by atoms with Gasteiger partial charge in [-0.15, -0.1) is 0 Å². The lowest BCUT2D eigenvalue weighted by molar-refractivity contribution is 0.0688. The summed E-state index contributed by atoms with van der Waals surface area (Å²) in [6, 6.07) is 7.93. The first-order valence-electron chi connectivity index (χ1n) is 5.05. The number of carbonyl (C=O) groups is 2. The van der Waals surface area contributed by atoms with Crippen molar-refractivity contribution in [2.75, 3.05) is 0 Å². The van der Waals surface area contributed by atoms with E-state index in [0.29, 0.717) is 10.8 Å². The van der Waals surface area contributed by atoms with Crippen molar-refractivity contribution in [2.24, 2.45) is 5.84 Å². The molecule has 92 valence electrons. The largest absolute Gasteiger partial charge is 0.507 e. The van der Waals surface area contributed by atoms with Crippen LogP contribution in [-0.4, -0.2) is 22.1 Å². The molecule has 0 unspecified atom stereocenters. The van der Waals surface area contributed by atoms with Gasteiger partial charge in [-0.2, -0.15) is 0 Å². The van der Waals surface area contributed by atoms with Gasteiger partial charge in [-0.25, -0.2) is 10.6 Å². The molecular formula is C12H10N2O4. The lowest BCUT2D eigenvalue weighted by atomic mass is 9.97. The zero-order valence-corrected chi connectivity index (χ0v) is 9.18. The number of nitrogens with one attached hydrogen (secondary N) is 1. The Labute approximate surface area is 102 Å². The van der Waals surface area contributed by atoms with E-state index in [-0.39, 0.29) is 5.56 Å². The lowest BCUT2D eigenvalue weighted by Gasteiger charge is -2.10. The molecule has 0 saturated heterocycles. The van der Waals surface area contributed by atoms with Crippen molar-refractivity contribution in [1.29, 1.82) is 0 Å².